The minimum absolute atomic E-state index is 0.418. The van der Waals surface area contributed by atoms with Gasteiger partial charge in [0.15, 0.2) is 5.96 Å². The van der Waals surface area contributed by atoms with Gasteiger partial charge in [-0.25, -0.2) is 4.98 Å². The average molecular weight is 348 g/mol. The van der Waals surface area contributed by atoms with E-state index in [1.54, 1.807) is 0 Å². The van der Waals surface area contributed by atoms with Crippen LogP contribution in [0, 0.1) is 0 Å². The first kappa shape index (κ1) is 18.2. The van der Waals surface area contributed by atoms with E-state index in [4.69, 9.17) is 14.7 Å². The summed E-state index contributed by atoms with van der Waals surface area (Å²) < 4.78 is 8.08. The van der Waals surface area contributed by atoms with Crippen LogP contribution in [0.1, 0.15) is 51.0 Å². The third-order valence-corrected chi connectivity index (χ3v) is 5.07. The van der Waals surface area contributed by atoms with Gasteiger partial charge >= 0.3 is 0 Å². The van der Waals surface area contributed by atoms with Crippen molar-refractivity contribution in [3.05, 3.63) is 17.7 Å². The third-order valence-electron chi connectivity index (χ3n) is 5.07. The Bertz CT molecular complexity index is 537. The van der Waals surface area contributed by atoms with Gasteiger partial charge < -0.3 is 19.5 Å². The highest BCUT2D eigenvalue weighted by atomic mass is 16.5. The first-order chi connectivity index (χ1) is 12.3. The Kier molecular flexibility index (Phi) is 6.73. The molecule has 0 atom stereocenters. The Morgan fingerprint density at radius 1 is 1.28 bits per heavy atom. The van der Waals surface area contributed by atoms with Gasteiger partial charge in [-0.1, -0.05) is 0 Å². The topological polar surface area (TPSA) is 54.7 Å². The number of nitrogens with zero attached hydrogens (tertiary/aromatic N) is 4. The van der Waals surface area contributed by atoms with E-state index in [1.807, 2.05) is 0 Å². The molecule has 0 bridgehead atoms. The standard InChI is InChI=1S/C19H33N5O/c1-3-20-19(23-13-9-17(10-14-23)25-4-2)21-11-8-16-15-24-12-6-5-7-18(24)22-16/h15,17H,3-14H2,1-2H3,(H,20,21). The van der Waals surface area contributed by atoms with Gasteiger partial charge in [0.25, 0.3) is 0 Å². The zero-order chi connectivity index (χ0) is 17.5. The fourth-order valence-corrected chi connectivity index (χ4v) is 3.76. The van der Waals surface area contributed by atoms with Gasteiger partial charge in [0.2, 0.25) is 0 Å². The summed E-state index contributed by atoms with van der Waals surface area (Å²) >= 11 is 0. The second-order valence-corrected chi connectivity index (χ2v) is 6.93. The minimum atomic E-state index is 0.418. The van der Waals surface area contributed by atoms with Crippen molar-refractivity contribution in [1.82, 2.24) is 19.8 Å². The molecule has 0 saturated carbocycles. The molecule has 3 rings (SSSR count). The number of fused-ring (bicyclic) bond motifs is 1. The first-order valence-electron chi connectivity index (χ1n) is 10.00. The number of rotatable bonds is 6. The molecule has 25 heavy (non-hydrogen) atoms. The molecule has 0 unspecified atom stereocenters. The summed E-state index contributed by atoms with van der Waals surface area (Å²) in [5.41, 5.74) is 1.19. The van der Waals surface area contributed by atoms with E-state index in [0.717, 1.165) is 71.0 Å². The first-order valence-corrected chi connectivity index (χ1v) is 10.00. The van der Waals surface area contributed by atoms with Crippen molar-refractivity contribution in [2.24, 2.45) is 4.99 Å². The quantitative estimate of drug-likeness (QED) is 0.633. The number of hydrogen-bond acceptors (Lipinski definition) is 3. The lowest BCUT2D eigenvalue weighted by molar-refractivity contribution is 0.0264. The number of ether oxygens (including phenoxy) is 1. The maximum atomic E-state index is 5.75. The van der Waals surface area contributed by atoms with Crippen molar-refractivity contribution in [3.8, 4) is 0 Å². The second-order valence-electron chi connectivity index (χ2n) is 6.93. The fourth-order valence-electron chi connectivity index (χ4n) is 3.76. The van der Waals surface area contributed by atoms with Crippen LogP contribution in [0.3, 0.4) is 0 Å². The molecule has 140 valence electrons. The molecule has 0 aromatic carbocycles. The van der Waals surface area contributed by atoms with Gasteiger partial charge in [0.05, 0.1) is 11.8 Å². The molecule has 1 N–H and O–H groups in total. The van der Waals surface area contributed by atoms with Crippen LogP contribution in [-0.2, 0) is 24.1 Å². The highest BCUT2D eigenvalue weighted by Crippen LogP contribution is 2.15. The van der Waals surface area contributed by atoms with E-state index >= 15 is 0 Å². The van der Waals surface area contributed by atoms with E-state index in [0.29, 0.717) is 6.10 Å². The van der Waals surface area contributed by atoms with Crippen LogP contribution in [0.2, 0.25) is 0 Å². The summed E-state index contributed by atoms with van der Waals surface area (Å²) in [6.45, 7) is 9.89. The molecule has 0 amide bonds. The fraction of sp³-hybridized carbons (Fsp3) is 0.789. The molecule has 1 aromatic rings. The lowest BCUT2D eigenvalue weighted by atomic mass is 10.1. The van der Waals surface area contributed by atoms with Crippen molar-refractivity contribution in [2.75, 3.05) is 32.8 Å². The average Bonchev–Trinajstić information content (AvgIpc) is 3.05. The highest BCUT2D eigenvalue weighted by molar-refractivity contribution is 5.80. The number of aliphatic imine (C=N–C) groups is 1. The summed E-state index contributed by atoms with van der Waals surface area (Å²) in [6.07, 6.45) is 9.43. The summed E-state index contributed by atoms with van der Waals surface area (Å²) in [5, 5.41) is 3.44. The molecule has 2 aliphatic rings. The Morgan fingerprint density at radius 3 is 2.84 bits per heavy atom. The summed E-state index contributed by atoms with van der Waals surface area (Å²) in [5.74, 6) is 2.30. The number of imidazole rings is 1. The van der Waals surface area contributed by atoms with E-state index in [2.05, 4.69) is 34.8 Å². The van der Waals surface area contributed by atoms with Gasteiger partial charge in [-0.05, 0) is 39.5 Å². The molecule has 6 heteroatoms. The predicted octanol–water partition coefficient (Wildman–Crippen LogP) is 2.23. The van der Waals surface area contributed by atoms with Crippen LogP contribution in [0.15, 0.2) is 11.2 Å². The number of piperidine rings is 1. The Morgan fingerprint density at radius 2 is 2.12 bits per heavy atom. The SMILES string of the molecule is CCNC(=NCCc1cn2c(n1)CCCC2)N1CCC(OCC)CC1. The van der Waals surface area contributed by atoms with Crippen molar-refractivity contribution in [1.29, 1.82) is 0 Å². The third kappa shape index (κ3) is 4.97. The maximum Gasteiger partial charge on any atom is 0.193 e. The van der Waals surface area contributed by atoms with Crippen LogP contribution in [0.4, 0.5) is 0 Å². The van der Waals surface area contributed by atoms with Gasteiger partial charge in [-0.3, -0.25) is 4.99 Å². The van der Waals surface area contributed by atoms with Crippen LogP contribution >= 0.6 is 0 Å². The zero-order valence-electron chi connectivity index (χ0n) is 15.8. The smallest absolute Gasteiger partial charge is 0.193 e. The summed E-state index contributed by atoms with van der Waals surface area (Å²) in [4.78, 5) is 12.0. The van der Waals surface area contributed by atoms with E-state index in [1.165, 1.54) is 24.4 Å². The van der Waals surface area contributed by atoms with E-state index in [-0.39, 0.29) is 0 Å². The molecule has 0 spiro atoms. The minimum Gasteiger partial charge on any atom is -0.378 e. The molecule has 0 radical (unpaired) electrons. The monoisotopic (exact) mass is 347 g/mol. The molecular weight excluding hydrogens is 314 g/mol. The number of nitrogens with one attached hydrogen (secondary N) is 1. The van der Waals surface area contributed by atoms with E-state index in [9.17, 15) is 0 Å². The van der Waals surface area contributed by atoms with Crippen LogP contribution in [0.5, 0.6) is 0 Å². The van der Waals surface area contributed by atoms with Crippen molar-refractivity contribution >= 4 is 5.96 Å². The number of aryl methyl sites for hydroxylation is 2. The molecule has 3 heterocycles. The number of hydrogen-bond donors (Lipinski definition) is 1. The van der Waals surface area contributed by atoms with Gasteiger partial charge in [0, 0.05) is 58.4 Å². The number of likely N-dealkylation sites (tertiary alicyclic amines) is 1. The summed E-state index contributed by atoms with van der Waals surface area (Å²) in [6, 6.07) is 0. The molecule has 6 nitrogen and oxygen atoms in total. The Hall–Kier alpha value is -1.56. The van der Waals surface area contributed by atoms with Gasteiger partial charge in [-0.15, -0.1) is 0 Å². The van der Waals surface area contributed by atoms with E-state index < -0.39 is 0 Å². The molecule has 1 saturated heterocycles. The zero-order valence-corrected chi connectivity index (χ0v) is 15.8. The lowest BCUT2D eigenvalue weighted by Gasteiger charge is -2.34. The molecule has 1 fully saturated rings. The van der Waals surface area contributed by atoms with Crippen LogP contribution in [-0.4, -0.2) is 59.3 Å². The van der Waals surface area contributed by atoms with Crippen molar-refractivity contribution in [2.45, 2.75) is 65.0 Å². The predicted molar refractivity (Wildman–Crippen MR) is 101 cm³/mol. The lowest BCUT2D eigenvalue weighted by Crippen LogP contribution is -2.47. The number of guanidine groups is 1. The second kappa shape index (κ2) is 9.22. The van der Waals surface area contributed by atoms with Crippen molar-refractivity contribution in [3.63, 3.8) is 0 Å². The Balaban J connectivity index is 1.52. The Labute approximate surface area is 151 Å². The molecule has 0 aliphatic carbocycles. The highest BCUT2D eigenvalue weighted by Gasteiger charge is 2.21. The van der Waals surface area contributed by atoms with Crippen molar-refractivity contribution < 1.29 is 4.74 Å². The van der Waals surface area contributed by atoms with Gasteiger partial charge in [-0.2, -0.15) is 0 Å². The number of aromatic nitrogens is 2. The normalized spacial score (nSPS) is 19.1. The molecule has 1 aromatic heterocycles. The largest absolute Gasteiger partial charge is 0.378 e. The maximum absolute atomic E-state index is 5.75. The van der Waals surface area contributed by atoms with Crippen LogP contribution in [0.25, 0.3) is 0 Å². The molecule has 2 aliphatic heterocycles. The van der Waals surface area contributed by atoms with Crippen LogP contribution < -0.4 is 5.32 Å². The summed E-state index contributed by atoms with van der Waals surface area (Å²) in [7, 11) is 0. The van der Waals surface area contributed by atoms with Gasteiger partial charge in [0.1, 0.15) is 5.82 Å². The molecular formula is C19H33N5O.